The maximum Gasteiger partial charge on any atom is 0.265 e. The number of hydrogen-bond acceptors (Lipinski definition) is 3. The minimum atomic E-state index is 0.0198. The van der Waals surface area contributed by atoms with Gasteiger partial charge in [0, 0.05) is 19.7 Å². The molecule has 0 radical (unpaired) electrons. The fourth-order valence-electron chi connectivity index (χ4n) is 1.80. The van der Waals surface area contributed by atoms with Gasteiger partial charge >= 0.3 is 0 Å². The van der Waals surface area contributed by atoms with Crippen LogP contribution >= 0.6 is 11.3 Å². The van der Waals surface area contributed by atoms with Gasteiger partial charge in [0.15, 0.2) is 0 Å². The molecule has 0 aliphatic heterocycles. The molecule has 0 N–H and O–H groups in total. The smallest absolute Gasteiger partial charge is 0.265 e. The summed E-state index contributed by atoms with van der Waals surface area (Å²) in [5.74, 6) is 0.0198. The van der Waals surface area contributed by atoms with Gasteiger partial charge in [-0.05, 0) is 18.9 Å². The fourth-order valence-corrected chi connectivity index (χ4v) is 2.90. The first kappa shape index (κ1) is 13.7. The van der Waals surface area contributed by atoms with Gasteiger partial charge in [-0.25, -0.2) is 4.98 Å². The van der Waals surface area contributed by atoms with Crippen molar-refractivity contribution in [3.8, 4) is 10.6 Å². The number of benzene rings is 1. The van der Waals surface area contributed by atoms with Crippen LogP contribution < -0.4 is 0 Å². The quantitative estimate of drug-likeness (QED) is 0.859. The number of aromatic nitrogens is 1. The molecule has 1 heterocycles. The molecular weight excluding hydrogens is 256 g/mol. The van der Waals surface area contributed by atoms with Crippen molar-refractivity contribution in [2.45, 2.75) is 20.3 Å². The van der Waals surface area contributed by atoms with Gasteiger partial charge in [0.05, 0.1) is 5.69 Å². The number of thiazole rings is 1. The molecule has 0 bridgehead atoms. The van der Waals surface area contributed by atoms with Crippen LogP contribution in [0.4, 0.5) is 0 Å². The lowest BCUT2D eigenvalue weighted by atomic mass is 10.1. The van der Waals surface area contributed by atoms with Crippen LogP contribution in [0.5, 0.6) is 0 Å². The Labute approximate surface area is 117 Å². The van der Waals surface area contributed by atoms with Gasteiger partial charge in [-0.3, -0.25) is 4.79 Å². The van der Waals surface area contributed by atoms with Gasteiger partial charge < -0.3 is 4.90 Å². The predicted octanol–water partition coefficient (Wildman–Crippen LogP) is 3.38. The third-order valence-corrected chi connectivity index (χ3v) is 4.20. The van der Waals surface area contributed by atoms with Crippen LogP contribution in [0, 0.1) is 6.92 Å². The van der Waals surface area contributed by atoms with E-state index >= 15 is 0 Å². The highest BCUT2D eigenvalue weighted by molar-refractivity contribution is 7.17. The Balaban J connectivity index is 2.35. The topological polar surface area (TPSA) is 33.2 Å². The van der Waals surface area contributed by atoms with Gasteiger partial charge in [0.1, 0.15) is 9.88 Å². The Hall–Kier alpha value is -1.68. The lowest BCUT2D eigenvalue weighted by Crippen LogP contribution is -2.21. The lowest BCUT2D eigenvalue weighted by molar-refractivity contribution is 0.0831. The molecule has 0 aliphatic rings. The number of aryl methyl sites for hydroxylation is 2. The molecule has 2 aromatic rings. The third-order valence-electron chi connectivity index (χ3n) is 3.01. The zero-order valence-electron chi connectivity index (χ0n) is 11.7. The van der Waals surface area contributed by atoms with Crippen molar-refractivity contribution in [3.05, 3.63) is 40.4 Å². The van der Waals surface area contributed by atoms with Crippen LogP contribution in [0.2, 0.25) is 0 Å². The summed E-state index contributed by atoms with van der Waals surface area (Å²) in [6, 6.07) is 8.36. The molecular formula is C15H18N2OS. The zero-order valence-corrected chi connectivity index (χ0v) is 12.5. The summed E-state index contributed by atoms with van der Waals surface area (Å²) >= 11 is 1.46. The van der Waals surface area contributed by atoms with Crippen LogP contribution in [0.15, 0.2) is 24.3 Å². The molecule has 3 nitrogen and oxygen atoms in total. The van der Waals surface area contributed by atoms with Gasteiger partial charge in [-0.15, -0.1) is 11.3 Å². The van der Waals surface area contributed by atoms with Crippen molar-refractivity contribution in [3.63, 3.8) is 0 Å². The predicted molar refractivity (Wildman–Crippen MR) is 79.7 cm³/mol. The molecule has 1 aromatic carbocycles. The molecule has 0 fully saturated rings. The SMILES string of the molecule is CCc1ccc(-c2nc(C)c(C(=O)N(C)C)s2)cc1. The summed E-state index contributed by atoms with van der Waals surface area (Å²) in [7, 11) is 3.52. The van der Waals surface area contributed by atoms with Crippen LogP contribution in [-0.4, -0.2) is 29.9 Å². The zero-order chi connectivity index (χ0) is 14.0. The average Bonchev–Trinajstić information content (AvgIpc) is 2.80. The Morgan fingerprint density at radius 2 is 1.89 bits per heavy atom. The molecule has 2 rings (SSSR count). The highest BCUT2D eigenvalue weighted by Crippen LogP contribution is 2.28. The summed E-state index contributed by atoms with van der Waals surface area (Å²) in [5.41, 5.74) is 3.18. The van der Waals surface area contributed by atoms with E-state index in [1.807, 2.05) is 6.92 Å². The largest absolute Gasteiger partial charge is 0.344 e. The molecule has 0 atom stereocenters. The third kappa shape index (κ3) is 2.84. The summed E-state index contributed by atoms with van der Waals surface area (Å²) < 4.78 is 0. The number of rotatable bonds is 3. The highest BCUT2D eigenvalue weighted by Gasteiger charge is 2.17. The number of hydrogen-bond donors (Lipinski definition) is 0. The van der Waals surface area contributed by atoms with Crippen molar-refractivity contribution >= 4 is 17.2 Å². The van der Waals surface area contributed by atoms with E-state index < -0.39 is 0 Å². The second-order valence-corrected chi connectivity index (χ2v) is 5.68. The van der Waals surface area contributed by atoms with Crippen molar-refractivity contribution in [1.29, 1.82) is 0 Å². The first-order chi connectivity index (χ1) is 9.02. The fraction of sp³-hybridized carbons (Fsp3) is 0.333. The van der Waals surface area contributed by atoms with Gasteiger partial charge in [-0.2, -0.15) is 0 Å². The Kier molecular flexibility index (Phi) is 4.00. The summed E-state index contributed by atoms with van der Waals surface area (Å²) in [5, 5.41) is 0.908. The van der Waals surface area contributed by atoms with E-state index in [0.717, 1.165) is 27.6 Å². The van der Waals surface area contributed by atoms with Crippen LogP contribution in [0.25, 0.3) is 10.6 Å². The van der Waals surface area contributed by atoms with Gasteiger partial charge in [0.2, 0.25) is 0 Å². The molecule has 0 unspecified atom stereocenters. The van der Waals surface area contributed by atoms with E-state index in [4.69, 9.17) is 0 Å². The Morgan fingerprint density at radius 1 is 1.26 bits per heavy atom. The molecule has 0 spiro atoms. The van der Waals surface area contributed by atoms with E-state index in [1.165, 1.54) is 16.9 Å². The van der Waals surface area contributed by atoms with E-state index in [1.54, 1.807) is 19.0 Å². The van der Waals surface area contributed by atoms with E-state index in [9.17, 15) is 4.79 Å². The number of nitrogens with zero attached hydrogens (tertiary/aromatic N) is 2. The second-order valence-electron chi connectivity index (χ2n) is 4.68. The minimum absolute atomic E-state index is 0.0198. The van der Waals surface area contributed by atoms with Crippen molar-refractivity contribution in [2.75, 3.05) is 14.1 Å². The van der Waals surface area contributed by atoms with E-state index in [2.05, 4.69) is 36.2 Å². The van der Waals surface area contributed by atoms with E-state index in [0.29, 0.717) is 0 Å². The number of carbonyl (C=O) groups is 1. The van der Waals surface area contributed by atoms with Crippen molar-refractivity contribution < 1.29 is 4.79 Å². The molecule has 1 aromatic heterocycles. The molecule has 4 heteroatoms. The summed E-state index contributed by atoms with van der Waals surface area (Å²) in [4.78, 5) is 18.8. The van der Waals surface area contributed by atoms with Crippen LogP contribution in [0.3, 0.4) is 0 Å². The molecule has 1 amide bonds. The second kappa shape index (κ2) is 5.53. The number of amides is 1. The average molecular weight is 274 g/mol. The normalized spacial score (nSPS) is 10.5. The first-order valence-electron chi connectivity index (χ1n) is 6.31. The Bertz CT molecular complexity index is 585. The maximum absolute atomic E-state index is 12.0. The van der Waals surface area contributed by atoms with Crippen molar-refractivity contribution in [2.24, 2.45) is 0 Å². The summed E-state index contributed by atoms with van der Waals surface area (Å²) in [6.45, 7) is 4.02. The molecule has 19 heavy (non-hydrogen) atoms. The van der Waals surface area contributed by atoms with Crippen LogP contribution in [0.1, 0.15) is 27.9 Å². The number of carbonyl (C=O) groups excluding carboxylic acids is 1. The lowest BCUT2D eigenvalue weighted by Gasteiger charge is -2.07. The van der Waals surface area contributed by atoms with Gasteiger partial charge in [-0.1, -0.05) is 31.2 Å². The van der Waals surface area contributed by atoms with E-state index in [-0.39, 0.29) is 5.91 Å². The molecule has 0 saturated carbocycles. The summed E-state index contributed by atoms with van der Waals surface area (Å²) in [6.07, 6.45) is 1.03. The monoisotopic (exact) mass is 274 g/mol. The van der Waals surface area contributed by atoms with Gasteiger partial charge in [0.25, 0.3) is 5.91 Å². The minimum Gasteiger partial charge on any atom is -0.344 e. The standard InChI is InChI=1S/C15H18N2OS/c1-5-11-6-8-12(9-7-11)14-16-10(2)13(19-14)15(18)17(3)4/h6-9H,5H2,1-4H3. The molecule has 100 valence electrons. The van der Waals surface area contributed by atoms with Crippen molar-refractivity contribution in [1.82, 2.24) is 9.88 Å². The maximum atomic E-state index is 12.0. The molecule has 0 saturated heterocycles. The first-order valence-corrected chi connectivity index (χ1v) is 7.13. The highest BCUT2D eigenvalue weighted by atomic mass is 32.1. The Morgan fingerprint density at radius 3 is 2.42 bits per heavy atom. The van der Waals surface area contributed by atoms with Crippen LogP contribution in [-0.2, 0) is 6.42 Å². The molecule has 0 aliphatic carbocycles.